The lowest BCUT2D eigenvalue weighted by atomic mass is 9.93. The maximum Gasteiger partial charge on any atom is 0.423 e. The van der Waals surface area contributed by atoms with Crippen molar-refractivity contribution in [2.24, 2.45) is 0 Å². The number of halogens is 3. The number of alkyl halides is 3. The highest BCUT2D eigenvalue weighted by Crippen LogP contribution is 2.45. The van der Waals surface area contributed by atoms with Gasteiger partial charge in [0.1, 0.15) is 22.9 Å². The zero-order valence-electron chi connectivity index (χ0n) is 21.2. The first-order valence-corrected chi connectivity index (χ1v) is 13.3. The van der Waals surface area contributed by atoms with E-state index in [0.29, 0.717) is 4.70 Å². The maximum atomic E-state index is 14.0. The van der Waals surface area contributed by atoms with Gasteiger partial charge in [-0.1, -0.05) is 18.2 Å². The second kappa shape index (κ2) is 11.6. The average Bonchev–Trinajstić information content (AvgIpc) is 3.13. The van der Waals surface area contributed by atoms with Gasteiger partial charge in [0.05, 0.1) is 4.70 Å². The number of aromatic nitrogens is 1. The van der Waals surface area contributed by atoms with Crippen molar-refractivity contribution in [1.29, 1.82) is 0 Å². The van der Waals surface area contributed by atoms with E-state index in [4.69, 9.17) is 9.47 Å². The first-order valence-electron chi connectivity index (χ1n) is 11.4. The molecule has 0 radical (unpaired) electrons. The summed E-state index contributed by atoms with van der Waals surface area (Å²) in [5, 5.41) is 13.5. The van der Waals surface area contributed by atoms with Crippen LogP contribution >= 0.6 is 23.3 Å². The number of nitrogens with zero attached hydrogens (tertiary/aromatic N) is 1. The van der Waals surface area contributed by atoms with E-state index in [1.807, 2.05) is 0 Å². The van der Waals surface area contributed by atoms with Crippen molar-refractivity contribution < 1.29 is 37.3 Å². The highest BCUT2D eigenvalue weighted by molar-refractivity contribution is 7.99. The molecule has 2 aromatic rings. The Bertz CT molecular complexity index is 1050. The molecule has 0 spiro atoms. The van der Waals surface area contributed by atoms with Crippen LogP contribution in [-0.4, -0.2) is 56.5 Å². The quantitative estimate of drug-likeness (QED) is 0.301. The summed E-state index contributed by atoms with van der Waals surface area (Å²) in [7, 11) is 0. The number of nitrogens with one attached hydrogen (secondary N) is 1. The van der Waals surface area contributed by atoms with Crippen molar-refractivity contribution in [3.8, 4) is 0 Å². The summed E-state index contributed by atoms with van der Waals surface area (Å²) in [5.74, 6) is -0.504. The molecule has 0 bridgehead atoms. The molecule has 7 nitrogen and oxygen atoms in total. The molecule has 1 heterocycles. The highest BCUT2D eigenvalue weighted by Gasteiger charge is 2.56. The van der Waals surface area contributed by atoms with E-state index in [-0.39, 0.29) is 23.3 Å². The van der Waals surface area contributed by atoms with Crippen molar-refractivity contribution in [1.82, 2.24) is 9.69 Å². The molecule has 2 N–H and O–H groups in total. The van der Waals surface area contributed by atoms with Crippen molar-refractivity contribution in [2.45, 2.75) is 83.4 Å². The largest absolute Gasteiger partial charge is 0.458 e. The molecule has 36 heavy (non-hydrogen) atoms. The number of rotatable bonds is 9. The van der Waals surface area contributed by atoms with Gasteiger partial charge in [0.25, 0.3) is 0 Å². The van der Waals surface area contributed by atoms with Crippen LogP contribution in [0.25, 0.3) is 10.1 Å². The van der Waals surface area contributed by atoms with Gasteiger partial charge < -0.3 is 19.9 Å². The molecule has 0 fully saturated rings. The van der Waals surface area contributed by atoms with Gasteiger partial charge in [-0.15, -0.1) is 0 Å². The molecule has 1 aromatic heterocycles. The fourth-order valence-electron chi connectivity index (χ4n) is 3.17. The third-order valence-electron chi connectivity index (χ3n) is 4.78. The normalized spacial score (nSPS) is 15.3. The molecule has 12 heteroatoms. The van der Waals surface area contributed by atoms with E-state index in [1.54, 1.807) is 59.7 Å². The van der Waals surface area contributed by atoms with Crippen molar-refractivity contribution >= 4 is 45.4 Å². The summed E-state index contributed by atoms with van der Waals surface area (Å²) in [6, 6.07) is 5.40. The molecular weight excluding hydrogens is 517 g/mol. The third kappa shape index (κ3) is 8.52. The van der Waals surface area contributed by atoms with Crippen LogP contribution < -0.4 is 5.32 Å². The van der Waals surface area contributed by atoms with Crippen LogP contribution in [0.15, 0.2) is 24.3 Å². The zero-order chi connectivity index (χ0) is 27.4. The number of hydrogen-bond acceptors (Lipinski definition) is 8. The van der Waals surface area contributed by atoms with Crippen LogP contribution in [0, 0.1) is 0 Å². The fourth-order valence-corrected chi connectivity index (χ4v) is 5.06. The van der Waals surface area contributed by atoms with Crippen LogP contribution in [0.3, 0.4) is 0 Å². The Morgan fingerprint density at radius 1 is 1.06 bits per heavy atom. The molecule has 202 valence electrons. The summed E-state index contributed by atoms with van der Waals surface area (Å²) >= 11 is 2.02. The van der Waals surface area contributed by atoms with Crippen LogP contribution in [0.2, 0.25) is 0 Å². The topological polar surface area (TPSA) is 97.8 Å². The van der Waals surface area contributed by atoms with E-state index >= 15 is 0 Å². The lowest BCUT2D eigenvalue weighted by Crippen LogP contribution is -2.46. The van der Waals surface area contributed by atoms with Gasteiger partial charge in [0.2, 0.25) is 5.60 Å². The molecule has 0 saturated carbocycles. The van der Waals surface area contributed by atoms with E-state index in [0.717, 1.165) is 23.3 Å². The van der Waals surface area contributed by atoms with Gasteiger partial charge in [-0.2, -0.15) is 29.3 Å². The van der Waals surface area contributed by atoms with Gasteiger partial charge in [0, 0.05) is 5.39 Å². The number of esters is 1. The fraction of sp³-hybridized carbons (Fsp3) is 0.625. The predicted octanol–water partition coefficient (Wildman–Crippen LogP) is 5.79. The number of carbonyl (C=O) groups excluding carboxylic acids is 2. The van der Waals surface area contributed by atoms with Crippen LogP contribution in [0.1, 0.15) is 60.1 Å². The van der Waals surface area contributed by atoms with E-state index < -0.39 is 53.2 Å². The zero-order valence-corrected chi connectivity index (χ0v) is 22.8. The van der Waals surface area contributed by atoms with Crippen molar-refractivity contribution in [3.05, 3.63) is 30.0 Å². The Morgan fingerprint density at radius 2 is 1.67 bits per heavy atom. The van der Waals surface area contributed by atoms with Crippen molar-refractivity contribution in [2.75, 3.05) is 11.5 Å². The lowest BCUT2D eigenvalue weighted by molar-refractivity contribution is -0.268. The van der Waals surface area contributed by atoms with E-state index in [1.165, 1.54) is 6.07 Å². The Balaban J connectivity index is 2.05. The number of hydrogen-bond donors (Lipinski definition) is 2. The lowest BCUT2D eigenvalue weighted by Gasteiger charge is -2.29. The number of carbonyl (C=O) groups is 2. The van der Waals surface area contributed by atoms with Gasteiger partial charge in [-0.05, 0) is 83.5 Å². The Hall–Kier alpha value is -2.05. The number of thioether (sulfide) groups is 1. The minimum absolute atomic E-state index is 0.0602. The maximum absolute atomic E-state index is 14.0. The van der Waals surface area contributed by atoms with E-state index in [2.05, 4.69) is 9.69 Å². The summed E-state index contributed by atoms with van der Waals surface area (Å²) in [5.41, 5.74) is -5.09. The summed E-state index contributed by atoms with van der Waals surface area (Å²) in [4.78, 5) is 24.8. The molecule has 0 saturated heterocycles. The Kier molecular flexibility index (Phi) is 9.69. The molecule has 1 aromatic carbocycles. The Morgan fingerprint density at radius 3 is 2.25 bits per heavy atom. The van der Waals surface area contributed by atoms with Gasteiger partial charge >= 0.3 is 18.2 Å². The minimum atomic E-state index is -4.93. The van der Waals surface area contributed by atoms with Crippen LogP contribution in [0.5, 0.6) is 0 Å². The molecule has 0 aliphatic heterocycles. The SMILES string of the molecule is CC(C)(C)OC(=O)N[C@@H](CCSCCC(O)(c1nsc2ccccc12)C(F)(F)F)C(=O)OC(C)(C)C. The third-order valence-corrected chi connectivity index (χ3v) is 6.62. The minimum Gasteiger partial charge on any atom is -0.458 e. The monoisotopic (exact) mass is 550 g/mol. The summed E-state index contributed by atoms with van der Waals surface area (Å²) in [6.45, 7) is 10.1. The standard InChI is InChI=1S/C24H33F3N2O5S2/c1-21(2,3)33-19(30)16(28-20(31)34-22(4,5)6)11-13-35-14-12-23(32,24(25,26)27)18-15-9-7-8-10-17(15)36-29-18/h7-10,16,32H,11-14H2,1-6H3,(H,28,31)/t16-,23?/m0/s1. The number of ether oxygens (including phenoxy) is 2. The van der Waals surface area contributed by atoms with Gasteiger partial charge in [-0.25, -0.2) is 9.59 Å². The predicted molar refractivity (Wildman–Crippen MR) is 135 cm³/mol. The molecule has 2 atom stereocenters. The summed E-state index contributed by atoms with van der Waals surface area (Å²) in [6.07, 6.45) is -6.25. The van der Waals surface area contributed by atoms with Crippen LogP contribution in [-0.2, 0) is 19.9 Å². The average molecular weight is 551 g/mol. The molecule has 1 unspecified atom stereocenters. The summed E-state index contributed by atoms with van der Waals surface area (Å²) < 4.78 is 56.9. The van der Waals surface area contributed by atoms with Gasteiger partial charge in [0.15, 0.2) is 0 Å². The van der Waals surface area contributed by atoms with E-state index in [9.17, 15) is 27.9 Å². The second-order valence-electron chi connectivity index (χ2n) is 10.3. The smallest absolute Gasteiger partial charge is 0.423 e. The van der Waals surface area contributed by atoms with Crippen molar-refractivity contribution in [3.63, 3.8) is 0 Å². The van der Waals surface area contributed by atoms with Crippen LogP contribution in [0.4, 0.5) is 18.0 Å². The number of benzene rings is 1. The van der Waals surface area contributed by atoms with Gasteiger partial charge in [-0.3, -0.25) is 0 Å². The molecule has 1 amide bonds. The number of amides is 1. The first kappa shape index (κ1) is 30.2. The number of alkyl carbamates (subject to hydrolysis) is 1. The second-order valence-corrected chi connectivity index (χ2v) is 12.3. The highest BCUT2D eigenvalue weighted by atomic mass is 32.2. The molecule has 2 rings (SSSR count). The Labute approximate surface area is 217 Å². The first-order chi connectivity index (χ1) is 16.4. The molecular formula is C24H33F3N2O5S2. The number of fused-ring (bicyclic) bond motifs is 1. The molecule has 0 aliphatic carbocycles. The number of aliphatic hydroxyl groups is 1. The molecule has 0 aliphatic rings.